The molecule has 1 atom stereocenters. The van der Waals surface area contributed by atoms with Crippen molar-refractivity contribution in [2.75, 3.05) is 6.61 Å². The predicted molar refractivity (Wildman–Crippen MR) is 141 cm³/mol. The van der Waals surface area contributed by atoms with Crippen LogP contribution >= 0.6 is 0 Å². The number of ether oxygens (including phenoxy) is 1. The second-order valence-electron chi connectivity index (χ2n) is 10.2. The molecular formula is C28H31F2N5O3. The molecule has 5 rings (SSSR count). The Morgan fingerprint density at radius 1 is 1.13 bits per heavy atom. The summed E-state index contributed by atoms with van der Waals surface area (Å²) in [4.78, 5) is 36.3. The summed E-state index contributed by atoms with van der Waals surface area (Å²) in [6.07, 6.45) is 1.93. The quantitative estimate of drug-likeness (QED) is 0.315. The van der Waals surface area contributed by atoms with Crippen LogP contribution in [0.2, 0.25) is 0 Å². The van der Waals surface area contributed by atoms with Gasteiger partial charge in [0.2, 0.25) is 5.88 Å². The first-order valence-electron chi connectivity index (χ1n) is 12.9. The van der Waals surface area contributed by atoms with Gasteiger partial charge in [-0.25, -0.2) is 23.5 Å². The summed E-state index contributed by atoms with van der Waals surface area (Å²) >= 11 is 0. The Labute approximate surface area is 218 Å². The number of benzene rings is 1. The molecule has 0 spiro atoms. The number of aryl methyl sites for hydroxylation is 1. The highest BCUT2D eigenvalue weighted by Gasteiger charge is 2.57. The van der Waals surface area contributed by atoms with Crippen molar-refractivity contribution in [3.05, 3.63) is 74.6 Å². The first kappa shape index (κ1) is 25.8. The van der Waals surface area contributed by atoms with Crippen LogP contribution in [-0.2, 0) is 13.1 Å². The zero-order chi connectivity index (χ0) is 27.2. The summed E-state index contributed by atoms with van der Waals surface area (Å²) in [5, 5.41) is 0. The Morgan fingerprint density at radius 2 is 1.84 bits per heavy atom. The molecule has 1 aromatic carbocycles. The number of pyridine rings is 1. The number of hydrogen-bond donors (Lipinski definition) is 0. The smallest absolute Gasteiger partial charge is 0.332 e. The molecule has 1 aliphatic carbocycles. The zero-order valence-electron chi connectivity index (χ0n) is 21.9. The van der Waals surface area contributed by atoms with E-state index in [1.807, 2.05) is 52.0 Å². The normalized spacial score (nSPS) is 16.3. The van der Waals surface area contributed by atoms with E-state index >= 15 is 0 Å². The van der Waals surface area contributed by atoms with Crippen LogP contribution in [0.5, 0.6) is 5.88 Å². The number of fused-ring (bicyclic) bond motifs is 1. The van der Waals surface area contributed by atoms with E-state index in [4.69, 9.17) is 9.72 Å². The number of alkyl halides is 2. The molecule has 3 aromatic heterocycles. The second-order valence-corrected chi connectivity index (χ2v) is 10.2. The number of aromatic nitrogens is 5. The van der Waals surface area contributed by atoms with Crippen LogP contribution in [0.4, 0.5) is 8.78 Å². The minimum Gasteiger partial charge on any atom is -0.477 e. The fourth-order valence-corrected chi connectivity index (χ4v) is 4.68. The maximum Gasteiger partial charge on any atom is 0.332 e. The van der Waals surface area contributed by atoms with E-state index in [0.29, 0.717) is 29.9 Å². The van der Waals surface area contributed by atoms with Crippen molar-refractivity contribution in [3.8, 4) is 17.3 Å². The summed E-state index contributed by atoms with van der Waals surface area (Å²) in [7, 11) is 0. The lowest BCUT2D eigenvalue weighted by molar-refractivity contribution is 0.0850. The molecule has 4 aromatic rings. The van der Waals surface area contributed by atoms with Crippen LogP contribution in [0.1, 0.15) is 50.8 Å². The van der Waals surface area contributed by atoms with Gasteiger partial charge in [0.25, 0.3) is 11.5 Å². The molecule has 1 fully saturated rings. The van der Waals surface area contributed by atoms with Crippen LogP contribution in [0.3, 0.4) is 0 Å². The van der Waals surface area contributed by atoms with Gasteiger partial charge in [0, 0.05) is 31.7 Å². The molecule has 0 N–H and O–H groups in total. The Kier molecular flexibility index (Phi) is 6.66. The lowest BCUT2D eigenvalue weighted by atomic mass is 10.1. The molecule has 3 heterocycles. The van der Waals surface area contributed by atoms with E-state index in [9.17, 15) is 18.4 Å². The van der Waals surface area contributed by atoms with Crippen molar-refractivity contribution in [2.24, 2.45) is 5.92 Å². The molecule has 1 unspecified atom stereocenters. The van der Waals surface area contributed by atoms with Gasteiger partial charge in [-0.15, -0.1) is 0 Å². The average Bonchev–Trinajstić information content (AvgIpc) is 3.33. The fraction of sp³-hybridized carbons (Fsp3) is 0.429. The van der Waals surface area contributed by atoms with Crippen molar-refractivity contribution < 1.29 is 13.5 Å². The molecule has 38 heavy (non-hydrogen) atoms. The molecule has 1 aliphatic rings. The van der Waals surface area contributed by atoms with Crippen LogP contribution in [0, 0.1) is 12.8 Å². The van der Waals surface area contributed by atoms with E-state index in [-0.39, 0.29) is 37.1 Å². The highest BCUT2D eigenvalue weighted by Crippen LogP contribution is 2.48. The van der Waals surface area contributed by atoms with Gasteiger partial charge in [-0.2, -0.15) is 0 Å². The molecule has 1 saturated carbocycles. The Balaban J connectivity index is 1.75. The fourth-order valence-electron chi connectivity index (χ4n) is 4.68. The minimum atomic E-state index is -2.72. The monoisotopic (exact) mass is 523 g/mol. The number of imidazole rings is 1. The number of hydrogen-bond acceptors (Lipinski definition) is 5. The van der Waals surface area contributed by atoms with E-state index in [0.717, 1.165) is 11.1 Å². The van der Waals surface area contributed by atoms with Crippen LogP contribution < -0.4 is 16.0 Å². The van der Waals surface area contributed by atoms with Crippen molar-refractivity contribution in [2.45, 2.75) is 65.6 Å². The standard InChI is InChI=1S/C28H31F2N5O3/c1-5-13-33-26(36)22-24(35(17(2)3)27(33)37)32-23(34(22)15-19-10-8-18(4)9-11-19)21-7-6-12-31-25(21)38-16-20-14-28(20,29)30/h6-12,17,20H,5,13-16H2,1-4H3. The van der Waals surface area contributed by atoms with Gasteiger partial charge < -0.3 is 9.30 Å². The van der Waals surface area contributed by atoms with Crippen molar-refractivity contribution >= 4 is 11.2 Å². The highest BCUT2D eigenvalue weighted by atomic mass is 19.3. The maximum absolute atomic E-state index is 13.8. The summed E-state index contributed by atoms with van der Waals surface area (Å²) in [5.41, 5.74) is 2.23. The Morgan fingerprint density at radius 3 is 2.47 bits per heavy atom. The number of halogens is 2. The number of rotatable bonds is 9. The average molecular weight is 524 g/mol. The van der Waals surface area contributed by atoms with Crippen molar-refractivity contribution in [1.29, 1.82) is 0 Å². The molecule has 0 aliphatic heterocycles. The van der Waals surface area contributed by atoms with Crippen molar-refractivity contribution in [3.63, 3.8) is 0 Å². The summed E-state index contributed by atoms with van der Waals surface area (Å²) in [6, 6.07) is 11.1. The molecular weight excluding hydrogens is 492 g/mol. The van der Waals surface area contributed by atoms with Crippen LogP contribution in [0.25, 0.3) is 22.6 Å². The first-order valence-corrected chi connectivity index (χ1v) is 12.9. The largest absolute Gasteiger partial charge is 0.477 e. The topological polar surface area (TPSA) is 83.9 Å². The third kappa shape index (κ3) is 4.63. The van der Waals surface area contributed by atoms with Crippen LogP contribution in [0.15, 0.2) is 52.2 Å². The maximum atomic E-state index is 13.8. The van der Waals surface area contributed by atoms with E-state index < -0.39 is 23.1 Å². The van der Waals surface area contributed by atoms with E-state index in [1.54, 1.807) is 16.7 Å². The van der Waals surface area contributed by atoms with Gasteiger partial charge in [0.1, 0.15) is 5.82 Å². The molecule has 0 radical (unpaired) electrons. The molecule has 0 bridgehead atoms. The summed E-state index contributed by atoms with van der Waals surface area (Å²) < 4.78 is 37.4. The van der Waals surface area contributed by atoms with Crippen molar-refractivity contribution in [1.82, 2.24) is 23.7 Å². The van der Waals surface area contributed by atoms with Crippen LogP contribution in [-0.4, -0.2) is 36.2 Å². The van der Waals surface area contributed by atoms with E-state index in [1.165, 1.54) is 15.3 Å². The third-order valence-electron chi connectivity index (χ3n) is 6.88. The van der Waals surface area contributed by atoms with Gasteiger partial charge >= 0.3 is 5.69 Å². The SMILES string of the molecule is CCCn1c(=O)c2c(nc(-c3cccnc3OCC3CC3(F)F)n2Cc2ccc(C)cc2)n(C(C)C)c1=O. The number of nitrogens with zero attached hydrogens (tertiary/aromatic N) is 5. The zero-order valence-corrected chi connectivity index (χ0v) is 21.9. The summed E-state index contributed by atoms with van der Waals surface area (Å²) in [6.45, 7) is 8.06. The lowest BCUT2D eigenvalue weighted by Gasteiger charge is -2.15. The van der Waals surface area contributed by atoms with Gasteiger partial charge in [0.05, 0.1) is 18.1 Å². The second kappa shape index (κ2) is 9.81. The molecule has 200 valence electrons. The van der Waals surface area contributed by atoms with Gasteiger partial charge in [0.15, 0.2) is 11.2 Å². The summed E-state index contributed by atoms with van der Waals surface area (Å²) in [5.74, 6) is -3.03. The third-order valence-corrected chi connectivity index (χ3v) is 6.88. The Bertz CT molecular complexity index is 1600. The Hall–Kier alpha value is -3.82. The van der Waals surface area contributed by atoms with E-state index in [2.05, 4.69) is 4.98 Å². The van der Waals surface area contributed by atoms with Gasteiger partial charge in [-0.3, -0.25) is 13.9 Å². The van der Waals surface area contributed by atoms with Gasteiger partial charge in [-0.1, -0.05) is 36.8 Å². The van der Waals surface area contributed by atoms with Gasteiger partial charge in [-0.05, 0) is 44.9 Å². The highest BCUT2D eigenvalue weighted by molar-refractivity contribution is 5.78. The predicted octanol–water partition coefficient (Wildman–Crippen LogP) is 4.80. The molecule has 8 nitrogen and oxygen atoms in total. The first-order chi connectivity index (χ1) is 18.1. The lowest BCUT2D eigenvalue weighted by Crippen LogP contribution is -2.41. The minimum absolute atomic E-state index is 0.156. The molecule has 10 heteroatoms. The molecule has 0 saturated heterocycles. The molecule has 0 amide bonds.